The number of hydrazone groups is 1. The molecule has 138 valence electrons. The van der Waals surface area contributed by atoms with Crippen molar-refractivity contribution in [1.29, 1.82) is 0 Å². The maximum Gasteiger partial charge on any atom is 0.278 e. The molecule has 1 heterocycles. The van der Waals surface area contributed by atoms with E-state index in [1.807, 2.05) is 49.9 Å². The largest absolute Gasteiger partial charge is 0.467 e. The summed E-state index contributed by atoms with van der Waals surface area (Å²) >= 11 is 3.41. The second-order valence-electron chi connectivity index (χ2n) is 5.42. The van der Waals surface area contributed by atoms with E-state index in [-0.39, 0.29) is 12.5 Å². The van der Waals surface area contributed by atoms with E-state index in [0.717, 1.165) is 28.8 Å². The number of carbonyl (C=O) groups is 1. The topological polar surface area (TPSA) is 79.7 Å². The molecule has 1 amide bonds. The summed E-state index contributed by atoms with van der Waals surface area (Å²) in [6, 6.07) is 9.28. The zero-order valence-electron chi connectivity index (χ0n) is 15.1. The van der Waals surface area contributed by atoms with E-state index in [2.05, 4.69) is 36.4 Å². The van der Waals surface area contributed by atoms with Gasteiger partial charge in [0.15, 0.2) is 6.61 Å². The molecule has 0 saturated heterocycles. The van der Waals surface area contributed by atoms with E-state index in [4.69, 9.17) is 4.74 Å². The van der Waals surface area contributed by atoms with Crippen LogP contribution in [0.5, 0.6) is 5.88 Å². The smallest absolute Gasteiger partial charge is 0.278 e. The molecular formula is C18H22BrN5O2. The predicted octanol–water partition coefficient (Wildman–Crippen LogP) is 2.92. The molecule has 0 aliphatic heterocycles. The molecule has 2 aromatic rings. The Hall–Kier alpha value is -2.48. The Morgan fingerprint density at radius 1 is 1.31 bits per heavy atom. The Morgan fingerprint density at radius 3 is 2.73 bits per heavy atom. The van der Waals surface area contributed by atoms with Gasteiger partial charge in [-0.1, -0.05) is 34.1 Å². The Kier molecular flexibility index (Phi) is 7.53. The van der Waals surface area contributed by atoms with Crippen LogP contribution in [0.1, 0.15) is 25.1 Å². The number of hydrogen-bond donors (Lipinski definition) is 1. The van der Waals surface area contributed by atoms with Crippen LogP contribution in [0, 0.1) is 6.92 Å². The molecule has 1 N–H and O–H groups in total. The molecule has 0 fully saturated rings. The van der Waals surface area contributed by atoms with Crippen LogP contribution in [0.3, 0.4) is 0 Å². The van der Waals surface area contributed by atoms with E-state index in [1.165, 1.54) is 0 Å². The summed E-state index contributed by atoms with van der Waals surface area (Å²) in [5.74, 6) is 0.593. The van der Waals surface area contributed by atoms with Crippen molar-refractivity contribution in [3.05, 3.63) is 46.1 Å². The summed E-state index contributed by atoms with van der Waals surface area (Å²) < 4.78 is 6.38. The second kappa shape index (κ2) is 9.86. The number of ether oxygens (including phenoxy) is 1. The maximum absolute atomic E-state index is 11.9. The van der Waals surface area contributed by atoms with Crippen molar-refractivity contribution in [3.8, 4) is 5.88 Å². The average molecular weight is 420 g/mol. The van der Waals surface area contributed by atoms with Crippen molar-refractivity contribution in [2.45, 2.75) is 20.8 Å². The van der Waals surface area contributed by atoms with Crippen molar-refractivity contribution in [3.63, 3.8) is 0 Å². The highest BCUT2D eigenvalue weighted by Gasteiger charge is 2.10. The van der Waals surface area contributed by atoms with Crippen LogP contribution in [0.15, 0.2) is 39.9 Å². The van der Waals surface area contributed by atoms with Gasteiger partial charge in [0, 0.05) is 34.9 Å². The number of aryl methyl sites for hydroxylation is 1. The summed E-state index contributed by atoms with van der Waals surface area (Å²) in [6.45, 7) is 7.34. The first kappa shape index (κ1) is 19.8. The molecule has 0 unspecified atom stereocenters. The number of carbonyl (C=O) groups excluding carboxylic acids is 1. The Balaban J connectivity index is 1.92. The lowest BCUT2D eigenvalue weighted by Gasteiger charge is -2.19. The third-order valence-electron chi connectivity index (χ3n) is 3.51. The lowest BCUT2D eigenvalue weighted by Crippen LogP contribution is -2.26. The Morgan fingerprint density at radius 2 is 2.04 bits per heavy atom. The Bertz CT molecular complexity index is 778. The average Bonchev–Trinajstić information content (AvgIpc) is 2.62. The fraction of sp³-hybridized carbons (Fsp3) is 0.333. The van der Waals surface area contributed by atoms with Gasteiger partial charge in [-0.15, -0.1) is 0 Å². The van der Waals surface area contributed by atoms with E-state index in [0.29, 0.717) is 11.8 Å². The van der Waals surface area contributed by atoms with Crippen molar-refractivity contribution in [2.75, 3.05) is 24.6 Å². The van der Waals surface area contributed by atoms with Gasteiger partial charge in [-0.05, 0) is 26.8 Å². The van der Waals surface area contributed by atoms with Gasteiger partial charge in [-0.25, -0.2) is 10.4 Å². The van der Waals surface area contributed by atoms with Crippen molar-refractivity contribution in [2.24, 2.45) is 5.10 Å². The van der Waals surface area contributed by atoms with Crippen molar-refractivity contribution < 1.29 is 9.53 Å². The molecule has 7 nitrogen and oxygen atoms in total. The van der Waals surface area contributed by atoms with Gasteiger partial charge >= 0.3 is 0 Å². The van der Waals surface area contributed by atoms with E-state index < -0.39 is 0 Å². The number of aromatic nitrogens is 2. The quantitative estimate of drug-likeness (QED) is 0.525. The van der Waals surface area contributed by atoms with E-state index in [1.54, 1.807) is 12.3 Å². The number of amides is 1. The first-order valence-electron chi connectivity index (χ1n) is 8.33. The van der Waals surface area contributed by atoms with Crippen LogP contribution >= 0.6 is 15.9 Å². The number of nitrogens with zero attached hydrogens (tertiary/aromatic N) is 4. The summed E-state index contributed by atoms with van der Waals surface area (Å²) in [5.41, 5.74) is 4.08. The second-order valence-corrected chi connectivity index (χ2v) is 6.28. The molecule has 0 atom stereocenters. The minimum atomic E-state index is -0.367. The highest BCUT2D eigenvalue weighted by Crippen LogP contribution is 2.15. The minimum Gasteiger partial charge on any atom is -0.467 e. The number of rotatable bonds is 8. The highest BCUT2D eigenvalue weighted by molar-refractivity contribution is 9.10. The molecule has 1 aromatic carbocycles. The normalized spacial score (nSPS) is 10.8. The molecule has 2 rings (SSSR count). The van der Waals surface area contributed by atoms with Crippen molar-refractivity contribution >= 4 is 34.0 Å². The predicted molar refractivity (Wildman–Crippen MR) is 106 cm³/mol. The molecule has 0 saturated carbocycles. The fourth-order valence-electron chi connectivity index (χ4n) is 2.17. The Labute approximate surface area is 161 Å². The summed E-state index contributed by atoms with van der Waals surface area (Å²) in [5, 5.41) is 3.93. The molecule has 0 bridgehead atoms. The van der Waals surface area contributed by atoms with E-state index in [9.17, 15) is 4.79 Å². The molecule has 0 aliphatic carbocycles. The SMILES string of the molecule is CCN(CC)c1nc(C)cc(OCC(=O)NN=Cc2ccccc2Br)n1. The van der Waals surface area contributed by atoms with Gasteiger partial charge in [0.25, 0.3) is 5.91 Å². The van der Waals surface area contributed by atoms with Crippen molar-refractivity contribution in [1.82, 2.24) is 15.4 Å². The third-order valence-corrected chi connectivity index (χ3v) is 4.24. The lowest BCUT2D eigenvalue weighted by atomic mass is 10.2. The van der Waals surface area contributed by atoms with Gasteiger partial charge in [0.05, 0.1) is 6.21 Å². The first-order chi connectivity index (χ1) is 12.5. The number of benzene rings is 1. The molecular weight excluding hydrogens is 398 g/mol. The monoisotopic (exact) mass is 419 g/mol. The lowest BCUT2D eigenvalue weighted by molar-refractivity contribution is -0.123. The zero-order chi connectivity index (χ0) is 18.9. The maximum atomic E-state index is 11.9. The molecule has 8 heteroatoms. The minimum absolute atomic E-state index is 0.179. The van der Waals surface area contributed by atoms with Crippen LogP contribution in [-0.4, -0.2) is 41.8 Å². The van der Waals surface area contributed by atoms with Crippen LogP contribution in [0.25, 0.3) is 0 Å². The summed E-state index contributed by atoms with van der Waals surface area (Å²) in [6.07, 6.45) is 1.56. The molecule has 1 aromatic heterocycles. The van der Waals surface area contributed by atoms with Crippen LogP contribution in [-0.2, 0) is 4.79 Å². The number of anilines is 1. The molecule has 0 aliphatic rings. The van der Waals surface area contributed by atoms with Gasteiger partial charge < -0.3 is 9.64 Å². The van der Waals surface area contributed by atoms with Gasteiger partial charge in [0.2, 0.25) is 11.8 Å². The van der Waals surface area contributed by atoms with E-state index >= 15 is 0 Å². The first-order valence-corrected chi connectivity index (χ1v) is 9.12. The summed E-state index contributed by atoms with van der Waals surface area (Å²) in [4.78, 5) is 22.7. The van der Waals surface area contributed by atoms with Crippen LogP contribution < -0.4 is 15.1 Å². The molecule has 0 spiro atoms. The molecule has 26 heavy (non-hydrogen) atoms. The zero-order valence-corrected chi connectivity index (χ0v) is 16.7. The number of hydrogen-bond acceptors (Lipinski definition) is 6. The van der Waals surface area contributed by atoms with Gasteiger partial charge in [-0.3, -0.25) is 4.79 Å². The van der Waals surface area contributed by atoms with Crippen LogP contribution in [0.4, 0.5) is 5.95 Å². The van der Waals surface area contributed by atoms with Gasteiger partial charge in [-0.2, -0.15) is 10.1 Å². The third kappa shape index (κ3) is 5.80. The van der Waals surface area contributed by atoms with Crippen LogP contribution in [0.2, 0.25) is 0 Å². The number of nitrogens with one attached hydrogen (secondary N) is 1. The molecule has 0 radical (unpaired) electrons. The fourth-order valence-corrected chi connectivity index (χ4v) is 2.56. The summed E-state index contributed by atoms with van der Waals surface area (Å²) in [7, 11) is 0. The number of halogens is 1. The van der Waals surface area contributed by atoms with Gasteiger partial charge in [0.1, 0.15) is 0 Å². The highest BCUT2D eigenvalue weighted by atomic mass is 79.9. The standard InChI is InChI=1S/C18H22BrN5O2/c1-4-24(5-2)18-21-13(3)10-17(22-18)26-12-16(25)23-20-11-14-8-6-7-9-15(14)19/h6-11H,4-5,12H2,1-3H3,(H,23,25).